The summed E-state index contributed by atoms with van der Waals surface area (Å²) in [6.45, 7) is 1.93. The summed E-state index contributed by atoms with van der Waals surface area (Å²) in [7, 11) is -3.53. The number of fused-ring (bicyclic) bond motifs is 1. The molecule has 1 aromatic heterocycles. The Kier molecular flexibility index (Phi) is 5.46. The highest BCUT2D eigenvalue weighted by Gasteiger charge is 2.39. The van der Waals surface area contributed by atoms with Crippen molar-refractivity contribution in [2.45, 2.75) is 19.0 Å². The minimum absolute atomic E-state index is 0.0172. The fourth-order valence-electron chi connectivity index (χ4n) is 3.95. The van der Waals surface area contributed by atoms with E-state index in [9.17, 15) is 18.0 Å². The molecule has 29 heavy (non-hydrogen) atoms. The van der Waals surface area contributed by atoms with Crippen LogP contribution in [0.25, 0.3) is 0 Å². The van der Waals surface area contributed by atoms with Gasteiger partial charge in [0.05, 0.1) is 11.1 Å². The van der Waals surface area contributed by atoms with Crippen molar-refractivity contribution in [1.82, 2.24) is 14.1 Å². The Balaban J connectivity index is 1.48. The third kappa shape index (κ3) is 4.08. The van der Waals surface area contributed by atoms with Gasteiger partial charge in [-0.1, -0.05) is 30.3 Å². The highest BCUT2D eigenvalue weighted by molar-refractivity contribution is 7.88. The van der Waals surface area contributed by atoms with Crippen molar-refractivity contribution in [2.24, 2.45) is 0 Å². The highest BCUT2D eigenvalue weighted by atomic mass is 32.2. The van der Waals surface area contributed by atoms with Crippen LogP contribution in [0.5, 0.6) is 0 Å². The van der Waals surface area contributed by atoms with Crippen LogP contribution in [-0.4, -0.2) is 72.8 Å². The van der Waals surface area contributed by atoms with E-state index in [4.69, 9.17) is 0 Å². The van der Waals surface area contributed by atoms with Gasteiger partial charge in [0.2, 0.25) is 15.9 Å². The van der Waals surface area contributed by atoms with Crippen LogP contribution in [0.4, 0.5) is 0 Å². The fraction of sp³-hybridized carbons (Fsp3) is 0.400. The van der Waals surface area contributed by atoms with Crippen LogP contribution in [0, 0.1) is 0 Å². The lowest BCUT2D eigenvalue weighted by Gasteiger charge is -2.40. The summed E-state index contributed by atoms with van der Waals surface area (Å²) < 4.78 is 26.0. The summed E-state index contributed by atoms with van der Waals surface area (Å²) in [4.78, 5) is 29.9. The summed E-state index contributed by atoms with van der Waals surface area (Å²) in [6, 6.07) is 10.6. The average molecular weight is 434 g/mol. The minimum atomic E-state index is -3.53. The molecule has 2 aliphatic heterocycles. The normalized spacial score (nSPS) is 20.4. The van der Waals surface area contributed by atoms with Crippen LogP contribution in [0.1, 0.15) is 20.8 Å². The monoisotopic (exact) mass is 433 g/mol. The molecule has 2 amide bonds. The SMILES string of the molecule is CS(=O)(=O)N1Cc2ccccc2CC1C(=O)N1CCN(C(=O)c2cccs2)CC1. The van der Waals surface area contributed by atoms with Crippen molar-refractivity contribution in [1.29, 1.82) is 0 Å². The molecule has 1 unspecified atom stereocenters. The Bertz CT molecular complexity index is 1010. The van der Waals surface area contributed by atoms with Crippen molar-refractivity contribution in [3.8, 4) is 0 Å². The van der Waals surface area contributed by atoms with E-state index in [1.54, 1.807) is 15.9 Å². The second kappa shape index (κ2) is 7.89. The molecule has 0 bridgehead atoms. The largest absolute Gasteiger partial charge is 0.338 e. The van der Waals surface area contributed by atoms with Crippen LogP contribution in [0.3, 0.4) is 0 Å². The van der Waals surface area contributed by atoms with E-state index in [2.05, 4.69) is 0 Å². The lowest BCUT2D eigenvalue weighted by Crippen LogP contribution is -2.57. The Morgan fingerprint density at radius 3 is 2.24 bits per heavy atom. The van der Waals surface area contributed by atoms with Gasteiger partial charge in [-0.2, -0.15) is 4.31 Å². The zero-order chi connectivity index (χ0) is 20.6. The van der Waals surface area contributed by atoms with Crippen molar-refractivity contribution in [3.05, 3.63) is 57.8 Å². The Hall–Kier alpha value is -2.23. The number of amides is 2. The maximum Gasteiger partial charge on any atom is 0.264 e. The molecule has 0 radical (unpaired) electrons. The minimum Gasteiger partial charge on any atom is -0.338 e. The molecule has 1 saturated heterocycles. The summed E-state index contributed by atoms with van der Waals surface area (Å²) in [6.07, 6.45) is 1.52. The van der Waals surface area contributed by atoms with E-state index in [1.165, 1.54) is 15.6 Å². The molecule has 0 saturated carbocycles. The van der Waals surface area contributed by atoms with E-state index >= 15 is 0 Å². The molecule has 154 valence electrons. The summed E-state index contributed by atoms with van der Waals surface area (Å²) in [5.74, 6) is -0.204. The molecule has 2 aliphatic rings. The average Bonchev–Trinajstić information content (AvgIpc) is 3.26. The zero-order valence-corrected chi connectivity index (χ0v) is 17.8. The van der Waals surface area contributed by atoms with Gasteiger partial charge in [-0.3, -0.25) is 9.59 Å². The van der Waals surface area contributed by atoms with E-state index in [-0.39, 0.29) is 18.4 Å². The van der Waals surface area contributed by atoms with Gasteiger partial charge in [0.15, 0.2) is 0 Å². The summed E-state index contributed by atoms with van der Waals surface area (Å²) in [5.41, 5.74) is 1.95. The van der Waals surface area contributed by atoms with Crippen molar-refractivity contribution in [2.75, 3.05) is 32.4 Å². The van der Waals surface area contributed by atoms with E-state index < -0.39 is 16.1 Å². The Labute approximate surface area is 174 Å². The topological polar surface area (TPSA) is 78.0 Å². The van der Waals surface area contributed by atoms with Crippen molar-refractivity contribution < 1.29 is 18.0 Å². The standard InChI is InChI=1S/C20H23N3O4S2/c1-29(26,27)23-14-16-6-3-2-5-15(16)13-17(23)19(24)21-8-10-22(11-9-21)20(25)18-7-4-12-28-18/h2-7,12,17H,8-11,13-14H2,1H3. The van der Waals surface area contributed by atoms with Crippen LogP contribution in [0.15, 0.2) is 41.8 Å². The van der Waals surface area contributed by atoms with E-state index in [1.807, 2.05) is 35.7 Å². The molecule has 0 aliphatic carbocycles. The van der Waals surface area contributed by atoms with Gasteiger partial charge >= 0.3 is 0 Å². The van der Waals surface area contributed by atoms with Crippen LogP contribution < -0.4 is 0 Å². The number of sulfonamides is 1. The number of benzene rings is 1. The van der Waals surface area contributed by atoms with Gasteiger partial charge in [0.1, 0.15) is 6.04 Å². The van der Waals surface area contributed by atoms with Gasteiger partial charge in [0.25, 0.3) is 5.91 Å². The highest BCUT2D eigenvalue weighted by Crippen LogP contribution is 2.27. The smallest absolute Gasteiger partial charge is 0.264 e. The quantitative estimate of drug-likeness (QED) is 0.734. The zero-order valence-electron chi connectivity index (χ0n) is 16.2. The van der Waals surface area contributed by atoms with Gasteiger partial charge in [-0.25, -0.2) is 8.42 Å². The number of carbonyl (C=O) groups excluding carboxylic acids is 2. The maximum absolute atomic E-state index is 13.2. The predicted octanol–water partition coefficient (Wildman–Crippen LogP) is 1.42. The summed E-state index contributed by atoms with van der Waals surface area (Å²) in [5, 5.41) is 1.87. The maximum atomic E-state index is 13.2. The fourth-order valence-corrected chi connectivity index (χ4v) is 5.65. The number of carbonyl (C=O) groups is 2. The second-order valence-corrected chi connectivity index (χ2v) is 10.3. The third-order valence-electron chi connectivity index (χ3n) is 5.53. The van der Waals surface area contributed by atoms with E-state index in [0.717, 1.165) is 17.4 Å². The molecule has 0 N–H and O–H groups in total. The molecule has 1 fully saturated rings. The van der Waals surface area contributed by atoms with Crippen LogP contribution in [0.2, 0.25) is 0 Å². The molecule has 3 heterocycles. The van der Waals surface area contributed by atoms with E-state index in [0.29, 0.717) is 37.5 Å². The molecule has 9 heteroatoms. The van der Waals surface area contributed by atoms with Gasteiger partial charge in [0, 0.05) is 32.7 Å². The second-order valence-electron chi connectivity index (χ2n) is 7.39. The first kappa shape index (κ1) is 20.1. The Morgan fingerprint density at radius 1 is 0.966 bits per heavy atom. The molecule has 7 nitrogen and oxygen atoms in total. The number of nitrogens with zero attached hydrogens (tertiary/aromatic N) is 3. The molecule has 1 atom stereocenters. The van der Waals surface area contributed by atoms with Gasteiger partial charge in [-0.15, -0.1) is 11.3 Å². The molecule has 0 spiro atoms. The van der Waals surface area contributed by atoms with Crippen LogP contribution in [-0.2, 0) is 27.8 Å². The molecule has 1 aromatic carbocycles. The summed E-state index contributed by atoms with van der Waals surface area (Å²) >= 11 is 1.41. The van der Waals surface area contributed by atoms with Crippen LogP contribution >= 0.6 is 11.3 Å². The first-order valence-corrected chi connectivity index (χ1v) is 12.2. The number of hydrogen-bond donors (Lipinski definition) is 0. The molecular weight excluding hydrogens is 410 g/mol. The lowest BCUT2D eigenvalue weighted by molar-refractivity contribution is -0.137. The number of hydrogen-bond acceptors (Lipinski definition) is 5. The number of thiophene rings is 1. The van der Waals surface area contributed by atoms with Crippen molar-refractivity contribution >= 4 is 33.2 Å². The molecular formula is C20H23N3O4S2. The third-order valence-corrected chi connectivity index (χ3v) is 7.62. The Morgan fingerprint density at radius 2 is 1.62 bits per heavy atom. The predicted molar refractivity (Wildman–Crippen MR) is 111 cm³/mol. The van der Waals surface area contributed by atoms with Gasteiger partial charge < -0.3 is 9.80 Å². The molecule has 4 rings (SSSR count). The number of rotatable bonds is 3. The van der Waals surface area contributed by atoms with Gasteiger partial charge in [-0.05, 0) is 29.0 Å². The molecule has 2 aromatic rings. The first-order chi connectivity index (χ1) is 13.8. The first-order valence-electron chi connectivity index (χ1n) is 9.50. The lowest BCUT2D eigenvalue weighted by atomic mass is 9.95. The van der Waals surface area contributed by atoms with Crippen molar-refractivity contribution in [3.63, 3.8) is 0 Å². The number of piperazine rings is 1.